The van der Waals surface area contributed by atoms with E-state index in [0.29, 0.717) is 10.8 Å². The Balaban J connectivity index is 1.53. The third-order valence-corrected chi connectivity index (χ3v) is 11.0. The number of alkyl halides is 2. The largest absolute Gasteiger partial charge is 0.497 e. The summed E-state index contributed by atoms with van der Waals surface area (Å²) in [5, 5.41) is 2.16. The van der Waals surface area contributed by atoms with Crippen molar-refractivity contribution < 1.29 is 23.9 Å². The second kappa shape index (κ2) is 9.74. The normalized spacial score (nSPS) is 28.4. The van der Waals surface area contributed by atoms with Crippen LogP contribution in [0.25, 0.3) is 0 Å². The molecule has 7 nitrogen and oxygen atoms in total. The molecule has 3 fully saturated rings. The molecule has 1 aliphatic heterocycles. The summed E-state index contributed by atoms with van der Waals surface area (Å²) in [5.41, 5.74) is 0.298. The minimum absolute atomic E-state index is 0.0249. The van der Waals surface area contributed by atoms with Gasteiger partial charge in [0.15, 0.2) is 5.78 Å². The summed E-state index contributed by atoms with van der Waals surface area (Å²) in [5.74, 6) is -2.89. The van der Waals surface area contributed by atoms with Crippen LogP contribution in [0.1, 0.15) is 27.1 Å². The van der Waals surface area contributed by atoms with Crippen molar-refractivity contribution in [2.24, 2.45) is 23.7 Å². The molecule has 11 heteroatoms. The lowest BCUT2D eigenvalue weighted by molar-refractivity contribution is -0.154. The molecule has 1 heterocycles. The first-order valence-electron chi connectivity index (χ1n) is 11.2. The quantitative estimate of drug-likeness (QED) is 0.247. The predicted molar refractivity (Wildman–Crippen MR) is 141 cm³/mol. The van der Waals surface area contributed by atoms with Crippen LogP contribution in [0.3, 0.4) is 0 Å². The van der Waals surface area contributed by atoms with Crippen molar-refractivity contribution in [1.29, 1.82) is 0 Å². The Morgan fingerprint density at radius 3 is 2.25 bits per heavy atom. The Morgan fingerprint density at radius 2 is 1.67 bits per heavy atom. The highest BCUT2D eigenvalue weighted by Gasteiger charge is 2.67. The molecular formula is C25H20Br2Cl2N2O5. The van der Waals surface area contributed by atoms with E-state index in [1.54, 1.807) is 18.2 Å². The molecule has 3 aliphatic rings. The van der Waals surface area contributed by atoms with Gasteiger partial charge in [-0.1, -0.05) is 67.2 Å². The number of Topliss-reactive ketones (excluding diaryl/α,β-unsaturated/α-hetero) is 1. The van der Waals surface area contributed by atoms with Crippen molar-refractivity contribution in [2.75, 3.05) is 13.7 Å². The lowest BCUT2D eigenvalue weighted by atomic mass is 9.81. The van der Waals surface area contributed by atoms with Gasteiger partial charge in [0, 0.05) is 20.2 Å². The smallest absolute Gasteiger partial charge is 0.274 e. The third-order valence-electron chi connectivity index (χ3n) is 7.29. The average Bonchev–Trinajstić information content (AvgIpc) is 3.47. The van der Waals surface area contributed by atoms with Crippen LogP contribution in [0.15, 0.2) is 42.5 Å². The number of ether oxygens (including phenoxy) is 1. The summed E-state index contributed by atoms with van der Waals surface area (Å²) < 4.78 is 5.20. The number of carbonyl (C=O) groups excluding carboxylic acids is 4. The van der Waals surface area contributed by atoms with Gasteiger partial charge in [-0.3, -0.25) is 19.2 Å². The van der Waals surface area contributed by atoms with E-state index in [9.17, 15) is 19.2 Å². The number of hydrogen-bond acceptors (Lipinski definition) is 5. The van der Waals surface area contributed by atoms with E-state index < -0.39 is 41.9 Å². The molecule has 2 bridgehead atoms. The molecular weight excluding hydrogens is 639 g/mol. The van der Waals surface area contributed by atoms with Crippen molar-refractivity contribution in [2.45, 2.75) is 16.1 Å². The van der Waals surface area contributed by atoms with Crippen LogP contribution in [-0.4, -0.2) is 56.8 Å². The molecule has 0 radical (unpaired) electrons. The maximum atomic E-state index is 13.7. The van der Waals surface area contributed by atoms with E-state index in [4.69, 9.17) is 27.9 Å². The highest BCUT2D eigenvalue weighted by molar-refractivity contribution is 9.12. The van der Waals surface area contributed by atoms with Crippen molar-refractivity contribution in [3.05, 3.63) is 63.6 Å². The first kappa shape index (κ1) is 25.7. The standard InChI is InChI=1S/C25H20Br2Cl2N2O5/c1-36-13-4-2-3-11(7-13)18(32)10-30(23(33)14-6-5-12(28)8-17(14)29)31-24(34)19-15-9-16(20(19)25(31)35)22(27)21(15)26/h2-8,15-16,19-22H,9-10H2,1H3/t15-,16-,19-,20+,21-,22+/m1/s1. The van der Waals surface area contributed by atoms with Gasteiger partial charge in [-0.05, 0) is 48.6 Å². The molecule has 2 aromatic carbocycles. The number of hydrazine groups is 1. The summed E-state index contributed by atoms with van der Waals surface area (Å²) in [4.78, 5) is 54.4. The van der Waals surface area contributed by atoms with Gasteiger partial charge in [-0.2, -0.15) is 5.01 Å². The van der Waals surface area contributed by atoms with Gasteiger partial charge in [-0.15, -0.1) is 0 Å². The van der Waals surface area contributed by atoms with Gasteiger partial charge in [0.1, 0.15) is 12.3 Å². The number of imide groups is 1. The fraction of sp³-hybridized carbons (Fsp3) is 0.360. The van der Waals surface area contributed by atoms with Crippen LogP contribution in [0.2, 0.25) is 10.0 Å². The van der Waals surface area contributed by atoms with E-state index >= 15 is 0 Å². The molecule has 5 rings (SSSR count). The van der Waals surface area contributed by atoms with E-state index in [1.165, 1.54) is 31.4 Å². The fourth-order valence-electron chi connectivity index (χ4n) is 5.63. The van der Waals surface area contributed by atoms with E-state index in [2.05, 4.69) is 31.9 Å². The Hall–Kier alpha value is -1.94. The van der Waals surface area contributed by atoms with Gasteiger partial charge in [0.2, 0.25) is 0 Å². The molecule has 0 unspecified atom stereocenters. The minimum atomic E-state index is -0.743. The highest BCUT2D eigenvalue weighted by atomic mass is 79.9. The zero-order valence-electron chi connectivity index (χ0n) is 18.9. The third kappa shape index (κ3) is 4.08. The molecule has 0 spiro atoms. The number of methoxy groups -OCH3 is 1. The first-order valence-corrected chi connectivity index (χ1v) is 13.8. The summed E-state index contributed by atoms with van der Waals surface area (Å²) in [6, 6.07) is 10.7. The molecule has 36 heavy (non-hydrogen) atoms. The number of benzene rings is 2. The van der Waals surface area contributed by atoms with Crippen molar-refractivity contribution in [3.8, 4) is 5.75 Å². The molecule has 0 aromatic heterocycles. The average molecular weight is 659 g/mol. The molecule has 2 aromatic rings. The van der Waals surface area contributed by atoms with E-state index in [0.717, 1.165) is 16.4 Å². The number of ketones is 1. The Labute approximate surface area is 234 Å². The molecule has 1 saturated heterocycles. The van der Waals surface area contributed by atoms with Gasteiger partial charge in [0.25, 0.3) is 17.7 Å². The van der Waals surface area contributed by atoms with E-state index in [-0.39, 0.29) is 37.6 Å². The Kier molecular flexibility index (Phi) is 6.95. The van der Waals surface area contributed by atoms with Crippen molar-refractivity contribution in [3.63, 3.8) is 0 Å². The predicted octanol–water partition coefficient (Wildman–Crippen LogP) is 5.02. The number of rotatable bonds is 6. The Morgan fingerprint density at radius 1 is 1.03 bits per heavy atom. The maximum Gasteiger partial charge on any atom is 0.274 e. The fourth-order valence-corrected chi connectivity index (χ4v) is 7.99. The van der Waals surface area contributed by atoms with Gasteiger partial charge in [0.05, 0.1) is 29.5 Å². The van der Waals surface area contributed by atoms with E-state index in [1.807, 2.05) is 0 Å². The van der Waals surface area contributed by atoms with Crippen molar-refractivity contribution >= 4 is 78.6 Å². The molecule has 6 atom stereocenters. The SMILES string of the molecule is COc1cccc(C(=O)CN(C(=O)c2ccc(Cl)cc2Cl)N2C(=O)[C@@H]3[C@H]4C[C@@H]([C@H](Br)[C@@H]4Br)[C@@H]3C2=O)c1. The van der Waals surface area contributed by atoms with Crippen LogP contribution >= 0.6 is 55.1 Å². The van der Waals surface area contributed by atoms with Crippen LogP contribution in [0.5, 0.6) is 5.75 Å². The number of fused-ring (bicyclic) bond motifs is 5. The van der Waals surface area contributed by atoms with Gasteiger partial charge in [-0.25, -0.2) is 5.01 Å². The zero-order valence-corrected chi connectivity index (χ0v) is 23.6. The van der Waals surface area contributed by atoms with Crippen LogP contribution in [0, 0.1) is 23.7 Å². The molecule has 3 amide bonds. The zero-order chi connectivity index (χ0) is 25.9. The minimum Gasteiger partial charge on any atom is -0.497 e. The molecule has 2 saturated carbocycles. The van der Waals surface area contributed by atoms with Crippen molar-refractivity contribution in [1.82, 2.24) is 10.0 Å². The summed E-state index contributed by atoms with van der Waals surface area (Å²) >= 11 is 19.6. The van der Waals surface area contributed by atoms with Gasteiger partial charge < -0.3 is 4.74 Å². The second-order valence-corrected chi connectivity index (χ2v) is 12.1. The summed E-state index contributed by atoms with van der Waals surface area (Å²) in [7, 11) is 1.48. The second-order valence-electron chi connectivity index (χ2n) is 9.13. The number of halogens is 4. The summed E-state index contributed by atoms with van der Waals surface area (Å²) in [6.45, 7) is -0.535. The van der Waals surface area contributed by atoms with Crippen LogP contribution < -0.4 is 4.74 Å². The van der Waals surface area contributed by atoms with Crippen LogP contribution in [0.4, 0.5) is 0 Å². The number of nitrogens with zero attached hydrogens (tertiary/aromatic N) is 2. The highest BCUT2D eigenvalue weighted by Crippen LogP contribution is 2.60. The number of carbonyl (C=O) groups is 4. The monoisotopic (exact) mass is 656 g/mol. The summed E-state index contributed by atoms with van der Waals surface area (Å²) in [6.07, 6.45) is 0.742. The lowest BCUT2D eigenvalue weighted by Gasteiger charge is -2.31. The number of hydrogen-bond donors (Lipinski definition) is 0. The molecule has 0 N–H and O–H groups in total. The first-order chi connectivity index (χ1) is 17.1. The van der Waals surface area contributed by atoms with Gasteiger partial charge >= 0.3 is 0 Å². The lowest BCUT2D eigenvalue weighted by Crippen LogP contribution is -2.52. The molecule has 188 valence electrons. The Bertz CT molecular complexity index is 1260. The van der Waals surface area contributed by atoms with Crippen LogP contribution in [-0.2, 0) is 9.59 Å². The topological polar surface area (TPSA) is 84.0 Å². The molecule has 2 aliphatic carbocycles. The number of amides is 3. The maximum absolute atomic E-state index is 13.7.